The molecule has 0 radical (unpaired) electrons. The molecule has 2 heterocycles. The maximum atomic E-state index is 12.9. The summed E-state index contributed by atoms with van der Waals surface area (Å²) in [5.41, 5.74) is 2.73. The number of nitrogens with zero attached hydrogens (tertiary/aromatic N) is 2. The molecule has 0 saturated heterocycles. The highest BCUT2D eigenvalue weighted by Gasteiger charge is 2.30. The molecule has 0 saturated carbocycles. The molecule has 3 aromatic rings. The minimum atomic E-state index is -0.495. The van der Waals surface area contributed by atoms with Crippen LogP contribution in [0, 0.1) is 10.1 Å². The van der Waals surface area contributed by atoms with Gasteiger partial charge in [-0.2, -0.15) is 0 Å². The Morgan fingerprint density at radius 1 is 1.27 bits per heavy atom. The van der Waals surface area contributed by atoms with Crippen molar-refractivity contribution in [3.63, 3.8) is 0 Å². The summed E-state index contributed by atoms with van der Waals surface area (Å²) in [7, 11) is 1.42. The molecule has 154 valence electrons. The number of amides is 1. The number of thiophene rings is 1. The quantitative estimate of drug-likeness (QED) is 0.473. The third-order valence-corrected chi connectivity index (χ3v) is 6.19. The van der Waals surface area contributed by atoms with Gasteiger partial charge in [0.05, 0.1) is 36.4 Å². The molecule has 1 aliphatic rings. The predicted octanol–water partition coefficient (Wildman–Crippen LogP) is 4.25. The van der Waals surface area contributed by atoms with E-state index in [1.54, 1.807) is 11.3 Å². The van der Waals surface area contributed by atoms with Crippen LogP contribution in [0.4, 0.5) is 11.4 Å². The molecule has 8 heteroatoms. The summed E-state index contributed by atoms with van der Waals surface area (Å²) in [5.74, 6) is 0.0673. The van der Waals surface area contributed by atoms with Gasteiger partial charge in [-0.05, 0) is 35.1 Å². The van der Waals surface area contributed by atoms with Gasteiger partial charge in [-0.25, -0.2) is 0 Å². The van der Waals surface area contributed by atoms with E-state index in [0.717, 1.165) is 18.5 Å². The summed E-state index contributed by atoms with van der Waals surface area (Å²) in [4.78, 5) is 26.9. The predicted molar refractivity (Wildman–Crippen MR) is 116 cm³/mol. The Bertz CT molecular complexity index is 1070. The first-order valence-corrected chi connectivity index (χ1v) is 10.4. The molecule has 1 atom stereocenters. The summed E-state index contributed by atoms with van der Waals surface area (Å²) in [6.45, 7) is 0.979. The van der Waals surface area contributed by atoms with Gasteiger partial charge in [-0.3, -0.25) is 19.8 Å². The van der Waals surface area contributed by atoms with Crippen LogP contribution in [0.5, 0.6) is 5.75 Å². The molecule has 7 nitrogen and oxygen atoms in total. The molecular formula is C22H21N3O4S. The van der Waals surface area contributed by atoms with Crippen molar-refractivity contribution in [2.75, 3.05) is 25.5 Å². The van der Waals surface area contributed by atoms with Gasteiger partial charge in [0.1, 0.15) is 5.75 Å². The molecule has 1 aliphatic heterocycles. The molecule has 30 heavy (non-hydrogen) atoms. The fraction of sp³-hybridized carbons (Fsp3) is 0.227. The number of non-ortho nitro benzene ring substituents is 1. The second-order valence-electron chi connectivity index (χ2n) is 7.02. The van der Waals surface area contributed by atoms with Crippen molar-refractivity contribution in [1.82, 2.24) is 4.90 Å². The fourth-order valence-electron chi connectivity index (χ4n) is 3.84. The Kier molecular flexibility index (Phi) is 5.78. The Labute approximate surface area is 178 Å². The van der Waals surface area contributed by atoms with Crippen LogP contribution in [0.1, 0.15) is 22.0 Å². The molecular weight excluding hydrogens is 402 g/mol. The molecule has 0 spiro atoms. The number of hydrogen-bond donors (Lipinski definition) is 1. The smallest absolute Gasteiger partial charge is 0.273 e. The van der Waals surface area contributed by atoms with E-state index in [0.29, 0.717) is 5.69 Å². The zero-order valence-corrected chi connectivity index (χ0v) is 17.2. The third kappa shape index (κ3) is 4.05. The first kappa shape index (κ1) is 20.1. The SMILES string of the molecule is COc1cc([N+](=O)[O-])ccc1NC(=O)CN1CCc2sccc2[C@@H]1c1ccccc1. The Hall–Kier alpha value is -3.23. The average molecular weight is 423 g/mol. The molecule has 1 amide bonds. The maximum absolute atomic E-state index is 12.9. The van der Waals surface area contributed by atoms with Crippen LogP contribution in [-0.2, 0) is 11.2 Å². The monoisotopic (exact) mass is 423 g/mol. The summed E-state index contributed by atoms with van der Waals surface area (Å²) in [6, 6.07) is 16.5. The number of ether oxygens (including phenoxy) is 1. The van der Waals surface area contributed by atoms with Crippen molar-refractivity contribution < 1.29 is 14.5 Å². The summed E-state index contributed by atoms with van der Waals surface area (Å²) < 4.78 is 5.22. The van der Waals surface area contributed by atoms with Gasteiger partial charge in [0, 0.05) is 17.5 Å². The lowest BCUT2D eigenvalue weighted by Gasteiger charge is -2.35. The molecule has 2 aromatic carbocycles. The van der Waals surface area contributed by atoms with Gasteiger partial charge in [-0.1, -0.05) is 30.3 Å². The van der Waals surface area contributed by atoms with Gasteiger partial charge >= 0.3 is 0 Å². The molecule has 0 unspecified atom stereocenters. The number of nitrogens with one attached hydrogen (secondary N) is 1. The largest absolute Gasteiger partial charge is 0.494 e. The van der Waals surface area contributed by atoms with Crippen LogP contribution in [0.15, 0.2) is 60.0 Å². The first-order valence-electron chi connectivity index (χ1n) is 9.54. The van der Waals surface area contributed by atoms with Gasteiger partial charge < -0.3 is 10.1 Å². The molecule has 0 bridgehead atoms. The minimum Gasteiger partial charge on any atom is -0.494 e. The lowest BCUT2D eigenvalue weighted by molar-refractivity contribution is -0.384. The number of hydrogen-bond acceptors (Lipinski definition) is 6. The average Bonchev–Trinajstić information content (AvgIpc) is 3.23. The van der Waals surface area contributed by atoms with E-state index >= 15 is 0 Å². The highest BCUT2D eigenvalue weighted by molar-refractivity contribution is 7.10. The van der Waals surface area contributed by atoms with Gasteiger partial charge in [-0.15, -0.1) is 11.3 Å². The zero-order chi connectivity index (χ0) is 21.1. The number of nitro groups is 1. The Morgan fingerprint density at radius 2 is 2.07 bits per heavy atom. The third-order valence-electron chi connectivity index (χ3n) is 5.20. The number of rotatable bonds is 6. The first-order chi connectivity index (χ1) is 14.6. The maximum Gasteiger partial charge on any atom is 0.273 e. The van der Waals surface area contributed by atoms with E-state index in [1.165, 1.54) is 35.7 Å². The van der Waals surface area contributed by atoms with E-state index in [2.05, 4.69) is 33.8 Å². The van der Waals surface area contributed by atoms with Gasteiger partial charge in [0.25, 0.3) is 5.69 Å². The lowest BCUT2D eigenvalue weighted by Crippen LogP contribution is -2.40. The zero-order valence-electron chi connectivity index (χ0n) is 16.4. The van der Waals surface area contributed by atoms with E-state index in [9.17, 15) is 14.9 Å². The van der Waals surface area contributed by atoms with Crippen LogP contribution >= 0.6 is 11.3 Å². The highest BCUT2D eigenvalue weighted by Crippen LogP contribution is 2.37. The van der Waals surface area contributed by atoms with Crippen LogP contribution < -0.4 is 10.1 Å². The Morgan fingerprint density at radius 3 is 2.80 bits per heavy atom. The standard InChI is InChI=1S/C22H21N3O4S/c1-29-19-13-16(25(27)28)7-8-18(19)23-21(26)14-24-11-9-20-17(10-12-30-20)22(24)15-5-3-2-4-6-15/h2-8,10,12-13,22H,9,11,14H2,1H3,(H,23,26)/t22-/m0/s1. The highest BCUT2D eigenvalue weighted by atomic mass is 32.1. The number of carbonyl (C=O) groups excluding carboxylic acids is 1. The van der Waals surface area contributed by atoms with E-state index in [4.69, 9.17) is 4.74 Å². The van der Waals surface area contributed by atoms with E-state index in [1.807, 2.05) is 18.2 Å². The molecule has 4 rings (SSSR count). The topological polar surface area (TPSA) is 84.7 Å². The fourth-order valence-corrected chi connectivity index (χ4v) is 4.74. The number of carbonyl (C=O) groups is 1. The van der Waals surface area contributed by atoms with Crippen molar-refractivity contribution in [2.24, 2.45) is 0 Å². The molecule has 1 N–H and O–H groups in total. The van der Waals surface area contributed by atoms with Crippen molar-refractivity contribution in [3.8, 4) is 5.75 Å². The number of methoxy groups -OCH3 is 1. The number of anilines is 1. The van der Waals surface area contributed by atoms with Crippen molar-refractivity contribution in [3.05, 3.63) is 86.1 Å². The van der Waals surface area contributed by atoms with Crippen LogP contribution in [0.2, 0.25) is 0 Å². The Balaban J connectivity index is 1.55. The van der Waals surface area contributed by atoms with Crippen LogP contribution in [-0.4, -0.2) is 35.9 Å². The minimum absolute atomic E-state index is 0.0192. The van der Waals surface area contributed by atoms with Crippen molar-refractivity contribution in [1.29, 1.82) is 0 Å². The van der Waals surface area contributed by atoms with E-state index < -0.39 is 4.92 Å². The lowest BCUT2D eigenvalue weighted by atomic mass is 9.93. The molecule has 0 fully saturated rings. The van der Waals surface area contributed by atoms with Gasteiger partial charge in [0.2, 0.25) is 5.91 Å². The normalized spacial score (nSPS) is 16.0. The summed E-state index contributed by atoms with van der Waals surface area (Å²) in [5, 5.41) is 15.9. The van der Waals surface area contributed by atoms with Gasteiger partial charge in [0.15, 0.2) is 0 Å². The van der Waals surface area contributed by atoms with Crippen LogP contribution in [0.25, 0.3) is 0 Å². The van der Waals surface area contributed by atoms with Crippen LogP contribution in [0.3, 0.4) is 0 Å². The van der Waals surface area contributed by atoms with Crippen molar-refractivity contribution in [2.45, 2.75) is 12.5 Å². The second-order valence-corrected chi connectivity index (χ2v) is 8.02. The molecule has 0 aliphatic carbocycles. The second kappa shape index (κ2) is 8.64. The number of nitro benzene ring substituents is 1. The van der Waals surface area contributed by atoms with Crippen molar-refractivity contribution >= 4 is 28.6 Å². The summed E-state index contributed by atoms with van der Waals surface area (Å²) in [6.07, 6.45) is 0.907. The number of fused-ring (bicyclic) bond motifs is 1. The number of benzene rings is 2. The summed E-state index contributed by atoms with van der Waals surface area (Å²) >= 11 is 1.76. The molecule has 1 aromatic heterocycles. The van der Waals surface area contributed by atoms with E-state index in [-0.39, 0.29) is 29.9 Å².